The van der Waals surface area contributed by atoms with Gasteiger partial charge < -0.3 is 10.1 Å². The second kappa shape index (κ2) is 7.20. The third-order valence-electron chi connectivity index (χ3n) is 3.69. The Morgan fingerprint density at radius 2 is 2.00 bits per heavy atom. The number of nitrogens with zero attached hydrogens (tertiary/aromatic N) is 1. The zero-order valence-corrected chi connectivity index (χ0v) is 14.3. The van der Waals surface area contributed by atoms with E-state index in [1.165, 1.54) is 0 Å². The summed E-state index contributed by atoms with van der Waals surface area (Å²) in [6.45, 7) is 13.1. The summed E-state index contributed by atoms with van der Waals surface area (Å²) in [4.78, 5) is 2.24. The average molecular weight is 306 g/mol. The molecule has 0 amide bonds. The van der Waals surface area contributed by atoms with Crippen LogP contribution in [-0.4, -0.2) is 68.7 Å². The lowest BCUT2D eigenvalue weighted by atomic mass is 10.2. The van der Waals surface area contributed by atoms with E-state index in [4.69, 9.17) is 4.74 Å². The first kappa shape index (κ1) is 17.9. The average Bonchev–Trinajstić information content (AvgIpc) is 2.33. The van der Waals surface area contributed by atoms with Crippen molar-refractivity contribution in [3.05, 3.63) is 0 Å². The van der Waals surface area contributed by atoms with Gasteiger partial charge in [0, 0.05) is 31.7 Å². The molecule has 6 heteroatoms. The first-order chi connectivity index (χ1) is 9.13. The van der Waals surface area contributed by atoms with Crippen LogP contribution in [0.4, 0.5) is 0 Å². The molecule has 0 aromatic heterocycles. The van der Waals surface area contributed by atoms with Crippen LogP contribution in [0.3, 0.4) is 0 Å². The lowest BCUT2D eigenvalue weighted by Gasteiger charge is -2.36. The van der Waals surface area contributed by atoms with E-state index in [0.717, 1.165) is 13.1 Å². The maximum atomic E-state index is 12.2. The third kappa shape index (κ3) is 5.31. The summed E-state index contributed by atoms with van der Waals surface area (Å²) in [5, 5.41) is 3.40. The van der Waals surface area contributed by atoms with Crippen molar-refractivity contribution in [3.63, 3.8) is 0 Å². The van der Waals surface area contributed by atoms with Crippen molar-refractivity contribution in [2.24, 2.45) is 0 Å². The number of rotatable bonds is 6. The highest BCUT2D eigenvalue weighted by Crippen LogP contribution is 2.17. The molecule has 1 heterocycles. The van der Waals surface area contributed by atoms with E-state index in [1.807, 2.05) is 0 Å². The van der Waals surface area contributed by atoms with E-state index in [1.54, 1.807) is 20.8 Å². The largest absolute Gasteiger partial charge is 0.378 e. The summed E-state index contributed by atoms with van der Waals surface area (Å²) >= 11 is 0. The standard InChI is InChI=1S/C14H30N2O3S/c1-12(2)15-10-13-11-19-8-6-16(13)7-9-20(17,18)14(3,4)5/h12-13,15H,6-11H2,1-5H3. The minimum atomic E-state index is -3.05. The molecule has 1 aliphatic heterocycles. The predicted molar refractivity (Wildman–Crippen MR) is 82.9 cm³/mol. The SMILES string of the molecule is CC(C)NCC1COCCN1CCS(=O)(=O)C(C)(C)C. The van der Waals surface area contributed by atoms with E-state index in [9.17, 15) is 8.42 Å². The fourth-order valence-corrected chi connectivity index (χ4v) is 3.17. The Kier molecular flexibility index (Phi) is 6.44. The number of sulfone groups is 1. The summed E-state index contributed by atoms with van der Waals surface area (Å²) < 4.78 is 29.2. The van der Waals surface area contributed by atoms with E-state index >= 15 is 0 Å². The van der Waals surface area contributed by atoms with Crippen molar-refractivity contribution in [1.82, 2.24) is 10.2 Å². The normalized spacial score (nSPS) is 22.4. The summed E-state index contributed by atoms with van der Waals surface area (Å²) in [7, 11) is -3.05. The molecule has 1 rings (SSSR count). The van der Waals surface area contributed by atoms with Gasteiger partial charge in [0.1, 0.15) is 0 Å². The molecule has 0 spiro atoms. The zero-order chi connectivity index (χ0) is 15.4. The van der Waals surface area contributed by atoms with Gasteiger partial charge in [0.25, 0.3) is 0 Å². The van der Waals surface area contributed by atoms with Crippen LogP contribution in [0.15, 0.2) is 0 Å². The van der Waals surface area contributed by atoms with E-state index in [2.05, 4.69) is 24.1 Å². The van der Waals surface area contributed by atoms with Crippen molar-refractivity contribution in [3.8, 4) is 0 Å². The van der Waals surface area contributed by atoms with Crippen molar-refractivity contribution >= 4 is 9.84 Å². The van der Waals surface area contributed by atoms with Crippen LogP contribution in [0.5, 0.6) is 0 Å². The van der Waals surface area contributed by atoms with Gasteiger partial charge in [-0.1, -0.05) is 13.8 Å². The molecule has 1 fully saturated rings. The fraction of sp³-hybridized carbons (Fsp3) is 1.00. The van der Waals surface area contributed by atoms with E-state index in [-0.39, 0.29) is 11.8 Å². The van der Waals surface area contributed by atoms with Crippen molar-refractivity contribution < 1.29 is 13.2 Å². The molecule has 1 aliphatic rings. The Hall–Kier alpha value is -0.170. The Labute approximate surface area is 124 Å². The molecular formula is C14H30N2O3S. The molecule has 5 nitrogen and oxygen atoms in total. The Balaban J connectivity index is 2.55. The molecule has 1 atom stereocenters. The van der Waals surface area contributed by atoms with Gasteiger partial charge in [-0.05, 0) is 20.8 Å². The summed E-state index contributed by atoms with van der Waals surface area (Å²) in [5.41, 5.74) is 0. The second-order valence-electron chi connectivity index (χ2n) is 6.76. The third-order valence-corrected chi connectivity index (χ3v) is 6.28. The molecule has 0 aromatic carbocycles. The molecule has 20 heavy (non-hydrogen) atoms. The molecule has 0 bridgehead atoms. The van der Waals surface area contributed by atoms with Gasteiger partial charge in [0.2, 0.25) is 0 Å². The highest BCUT2D eigenvalue weighted by atomic mass is 32.2. The molecule has 0 aromatic rings. The minimum absolute atomic E-state index is 0.217. The lowest BCUT2D eigenvalue weighted by molar-refractivity contribution is -0.00435. The molecule has 0 aliphatic carbocycles. The second-order valence-corrected chi connectivity index (χ2v) is 9.62. The maximum absolute atomic E-state index is 12.2. The number of hydrogen-bond acceptors (Lipinski definition) is 5. The van der Waals surface area contributed by atoms with Gasteiger partial charge >= 0.3 is 0 Å². The first-order valence-electron chi connectivity index (χ1n) is 7.41. The highest BCUT2D eigenvalue weighted by molar-refractivity contribution is 7.92. The van der Waals surface area contributed by atoms with Crippen LogP contribution in [-0.2, 0) is 14.6 Å². The van der Waals surface area contributed by atoms with Crippen LogP contribution in [0, 0.1) is 0 Å². The molecule has 0 radical (unpaired) electrons. The number of nitrogens with one attached hydrogen (secondary N) is 1. The molecule has 1 unspecified atom stereocenters. The van der Waals surface area contributed by atoms with Crippen molar-refractivity contribution in [2.75, 3.05) is 38.6 Å². The Bertz CT molecular complexity index is 388. The van der Waals surface area contributed by atoms with Gasteiger partial charge in [-0.15, -0.1) is 0 Å². The monoisotopic (exact) mass is 306 g/mol. The Morgan fingerprint density at radius 1 is 1.35 bits per heavy atom. The number of ether oxygens (including phenoxy) is 1. The molecule has 1 N–H and O–H groups in total. The predicted octanol–water partition coefficient (Wildman–Crippen LogP) is 0.899. The number of morpholine rings is 1. The van der Waals surface area contributed by atoms with Crippen molar-refractivity contribution in [1.29, 1.82) is 0 Å². The molecule has 0 saturated carbocycles. The van der Waals surface area contributed by atoms with Crippen LogP contribution >= 0.6 is 0 Å². The zero-order valence-electron chi connectivity index (χ0n) is 13.5. The van der Waals surface area contributed by atoms with Crippen LogP contribution in [0.25, 0.3) is 0 Å². The van der Waals surface area contributed by atoms with E-state index < -0.39 is 14.6 Å². The van der Waals surface area contributed by atoms with Gasteiger partial charge in [0.05, 0.1) is 23.7 Å². The molecule has 1 saturated heterocycles. The quantitative estimate of drug-likeness (QED) is 0.790. The van der Waals surface area contributed by atoms with E-state index in [0.29, 0.717) is 25.8 Å². The fourth-order valence-electron chi connectivity index (χ4n) is 2.09. The van der Waals surface area contributed by atoms with Crippen molar-refractivity contribution in [2.45, 2.75) is 51.4 Å². The molecular weight excluding hydrogens is 276 g/mol. The molecule has 120 valence electrons. The minimum Gasteiger partial charge on any atom is -0.378 e. The number of hydrogen-bond donors (Lipinski definition) is 1. The summed E-state index contributed by atoms with van der Waals surface area (Å²) in [5.74, 6) is 0.217. The van der Waals surface area contributed by atoms with Gasteiger partial charge in [-0.2, -0.15) is 0 Å². The first-order valence-corrected chi connectivity index (χ1v) is 9.06. The Morgan fingerprint density at radius 3 is 2.55 bits per heavy atom. The van der Waals surface area contributed by atoms with Crippen LogP contribution in [0.1, 0.15) is 34.6 Å². The summed E-state index contributed by atoms with van der Waals surface area (Å²) in [6, 6.07) is 0.693. The summed E-state index contributed by atoms with van der Waals surface area (Å²) in [6.07, 6.45) is 0. The topological polar surface area (TPSA) is 58.6 Å². The highest BCUT2D eigenvalue weighted by Gasteiger charge is 2.31. The van der Waals surface area contributed by atoms with Crippen LogP contribution in [0.2, 0.25) is 0 Å². The smallest absolute Gasteiger partial charge is 0.156 e. The van der Waals surface area contributed by atoms with Gasteiger partial charge in [-0.25, -0.2) is 8.42 Å². The van der Waals surface area contributed by atoms with Crippen LogP contribution < -0.4 is 5.32 Å². The van der Waals surface area contributed by atoms with Gasteiger partial charge in [-0.3, -0.25) is 4.90 Å². The lowest BCUT2D eigenvalue weighted by Crippen LogP contribution is -2.52. The van der Waals surface area contributed by atoms with Gasteiger partial charge in [0.15, 0.2) is 9.84 Å². The maximum Gasteiger partial charge on any atom is 0.156 e.